The van der Waals surface area contributed by atoms with Gasteiger partial charge in [0.2, 0.25) is 0 Å². The molecule has 2 aromatic rings. The molecule has 1 aromatic heterocycles. The number of benzene rings is 1. The number of carbonyl (C=O) groups is 1. The second kappa shape index (κ2) is 4.89. The highest BCUT2D eigenvalue weighted by Crippen LogP contribution is 2.21. The van der Waals surface area contributed by atoms with Crippen molar-refractivity contribution in [2.45, 2.75) is 13.0 Å². The van der Waals surface area contributed by atoms with Gasteiger partial charge in [0.05, 0.1) is 17.4 Å². The third-order valence-electron chi connectivity index (χ3n) is 2.79. The largest absolute Gasteiger partial charge is 0.478 e. The Morgan fingerprint density at radius 2 is 2.28 bits per heavy atom. The zero-order valence-electron chi connectivity index (χ0n) is 10.2. The molecule has 1 aromatic carbocycles. The van der Waals surface area contributed by atoms with E-state index in [9.17, 15) is 9.00 Å². The number of para-hydroxylation sites is 1. The molecule has 2 unspecified atom stereocenters. The average molecular weight is 266 g/mol. The molecule has 96 valence electrons. The van der Waals surface area contributed by atoms with Crippen molar-refractivity contribution in [3.05, 3.63) is 30.1 Å². The fraction of sp³-hybridized carbons (Fsp3) is 0.333. The first kappa shape index (κ1) is 12.8. The van der Waals surface area contributed by atoms with Crippen LogP contribution in [0, 0.1) is 0 Å². The van der Waals surface area contributed by atoms with E-state index in [0.717, 1.165) is 5.52 Å². The number of carboxylic acid groups (broad SMARTS) is 1. The van der Waals surface area contributed by atoms with Gasteiger partial charge in [0, 0.05) is 28.9 Å². The Morgan fingerprint density at radius 1 is 1.56 bits per heavy atom. The second-order valence-electron chi connectivity index (χ2n) is 4.22. The molecule has 6 heteroatoms. The van der Waals surface area contributed by atoms with E-state index in [1.165, 1.54) is 6.07 Å². The number of hydrogen-bond acceptors (Lipinski definition) is 3. The number of aromatic carboxylic acids is 1. The highest BCUT2D eigenvalue weighted by atomic mass is 32.2. The van der Waals surface area contributed by atoms with Crippen LogP contribution in [-0.2, 0) is 10.8 Å². The van der Waals surface area contributed by atoms with E-state index in [4.69, 9.17) is 5.11 Å². The molecule has 0 saturated heterocycles. The molecule has 1 N–H and O–H groups in total. The Labute approximate surface area is 107 Å². The molecule has 0 fully saturated rings. The molecule has 2 atom stereocenters. The quantitative estimate of drug-likeness (QED) is 0.913. The molecule has 0 spiro atoms. The van der Waals surface area contributed by atoms with Gasteiger partial charge in [-0.25, -0.2) is 9.78 Å². The van der Waals surface area contributed by atoms with Crippen LogP contribution in [0.1, 0.15) is 23.3 Å². The molecule has 0 bridgehead atoms. The van der Waals surface area contributed by atoms with Crippen LogP contribution in [-0.4, -0.2) is 36.8 Å². The summed E-state index contributed by atoms with van der Waals surface area (Å²) in [7, 11) is -0.902. The standard InChI is InChI=1S/C12H14N2O3S/c1-8(6-18(2)17)14-7-13-11-9(12(15)16)4-3-5-10(11)14/h3-5,7-8H,6H2,1-2H3,(H,15,16). The van der Waals surface area contributed by atoms with E-state index in [2.05, 4.69) is 4.98 Å². The minimum absolute atomic E-state index is 0.0184. The Bertz CT molecular complexity index is 621. The Kier molecular flexibility index (Phi) is 3.47. The number of carboxylic acids is 1. The van der Waals surface area contributed by atoms with Crippen molar-refractivity contribution >= 4 is 27.8 Å². The lowest BCUT2D eigenvalue weighted by atomic mass is 10.2. The van der Waals surface area contributed by atoms with E-state index in [1.54, 1.807) is 18.6 Å². The summed E-state index contributed by atoms with van der Waals surface area (Å²) in [6.45, 7) is 1.94. The summed E-state index contributed by atoms with van der Waals surface area (Å²) >= 11 is 0. The SMILES string of the molecule is CC(CS(C)=O)n1cnc2c(C(=O)O)cccc21. The summed E-state index contributed by atoms with van der Waals surface area (Å²) in [5.74, 6) is -0.472. The minimum Gasteiger partial charge on any atom is -0.478 e. The zero-order chi connectivity index (χ0) is 13.3. The summed E-state index contributed by atoms with van der Waals surface area (Å²) < 4.78 is 13.1. The number of imidazole rings is 1. The van der Waals surface area contributed by atoms with Crippen molar-refractivity contribution in [2.24, 2.45) is 0 Å². The van der Waals surface area contributed by atoms with Gasteiger partial charge in [0.25, 0.3) is 0 Å². The fourth-order valence-corrected chi connectivity index (χ4v) is 2.84. The van der Waals surface area contributed by atoms with Crippen LogP contribution < -0.4 is 0 Å². The Morgan fingerprint density at radius 3 is 2.89 bits per heavy atom. The number of rotatable bonds is 4. The summed E-state index contributed by atoms with van der Waals surface area (Å²) in [6, 6.07) is 5.07. The van der Waals surface area contributed by atoms with Crippen LogP contribution in [0.2, 0.25) is 0 Å². The summed E-state index contributed by atoms with van der Waals surface area (Å²) in [6.07, 6.45) is 3.26. The first-order chi connectivity index (χ1) is 8.50. The predicted octanol–water partition coefficient (Wildman–Crippen LogP) is 1.67. The van der Waals surface area contributed by atoms with Gasteiger partial charge in [-0.15, -0.1) is 0 Å². The molecule has 0 amide bonds. The van der Waals surface area contributed by atoms with Crippen LogP contribution in [0.5, 0.6) is 0 Å². The lowest BCUT2D eigenvalue weighted by Gasteiger charge is -2.12. The van der Waals surface area contributed by atoms with Crippen molar-refractivity contribution in [3.63, 3.8) is 0 Å². The van der Waals surface area contributed by atoms with Crippen LogP contribution in [0.4, 0.5) is 0 Å². The summed E-state index contributed by atoms with van der Waals surface area (Å²) in [5.41, 5.74) is 1.42. The number of hydrogen-bond donors (Lipinski definition) is 1. The lowest BCUT2D eigenvalue weighted by molar-refractivity contribution is 0.0699. The first-order valence-electron chi connectivity index (χ1n) is 5.49. The third-order valence-corrected chi connectivity index (χ3v) is 3.74. The van der Waals surface area contributed by atoms with Gasteiger partial charge in [-0.3, -0.25) is 4.21 Å². The van der Waals surface area contributed by atoms with Gasteiger partial charge in [-0.05, 0) is 19.1 Å². The maximum atomic E-state index is 11.2. The molecule has 18 heavy (non-hydrogen) atoms. The molecular weight excluding hydrogens is 252 g/mol. The van der Waals surface area contributed by atoms with E-state index in [0.29, 0.717) is 11.3 Å². The Balaban J connectivity index is 2.52. The molecule has 5 nitrogen and oxygen atoms in total. The molecule has 0 aliphatic rings. The highest BCUT2D eigenvalue weighted by molar-refractivity contribution is 7.84. The van der Waals surface area contributed by atoms with Crippen molar-refractivity contribution in [1.82, 2.24) is 9.55 Å². The van der Waals surface area contributed by atoms with Gasteiger partial charge < -0.3 is 9.67 Å². The number of fused-ring (bicyclic) bond motifs is 1. The normalized spacial score (nSPS) is 14.6. The van der Waals surface area contributed by atoms with Crippen LogP contribution >= 0.6 is 0 Å². The smallest absolute Gasteiger partial charge is 0.337 e. The molecule has 0 aliphatic carbocycles. The lowest BCUT2D eigenvalue weighted by Crippen LogP contribution is -2.11. The molecule has 2 rings (SSSR count). The van der Waals surface area contributed by atoms with Crippen molar-refractivity contribution in [3.8, 4) is 0 Å². The van der Waals surface area contributed by atoms with Crippen LogP contribution in [0.25, 0.3) is 11.0 Å². The molecule has 1 heterocycles. The van der Waals surface area contributed by atoms with E-state index in [-0.39, 0.29) is 11.6 Å². The topological polar surface area (TPSA) is 72.2 Å². The average Bonchev–Trinajstić information content (AvgIpc) is 2.70. The Hall–Kier alpha value is -1.69. The summed E-state index contributed by atoms with van der Waals surface area (Å²) in [4.78, 5) is 15.2. The van der Waals surface area contributed by atoms with Crippen molar-refractivity contribution in [2.75, 3.05) is 12.0 Å². The van der Waals surface area contributed by atoms with Gasteiger partial charge >= 0.3 is 5.97 Å². The molecule has 0 aliphatic heterocycles. The van der Waals surface area contributed by atoms with Crippen molar-refractivity contribution < 1.29 is 14.1 Å². The molecular formula is C12H14N2O3S. The maximum absolute atomic E-state index is 11.2. The van der Waals surface area contributed by atoms with E-state index < -0.39 is 16.8 Å². The predicted molar refractivity (Wildman–Crippen MR) is 70.3 cm³/mol. The van der Waals surface area contributed by atoms with Crippen LogP contribution in [0.3, 0.4) is 0 Å². The van der Waals surface area contributed by atoms with E-state index >= 15 is 0 Å². The summed E-state index contributed by atoms with van der Waals surface area (Å²) in [5, 5.41) is 9.08. The monoisotopic (exact) mass is 266 g/mol. The van der Waals surface area contributed by atoms with Crippen molar-refractivity contribution in [1.29, 1.82) is 0 Å². The van der Waals surface area contributed by atoms with Crippen LogP contribution in [0.15, 0.2) is 24.5 Å². The van der Waals surface area contributed by atoms with Gasteiger partial charge in [0.15, 0.2) is 0 Å². The van der Waals surface area contributed by atoms with Gasteiger partial charge in [0.1, 0.15) is 5.52 Å². The van der Waals surface area contributed by atoms with Gasteiger partial charge in [-0.2, -0.15) is 0 Å². The first-order valence-corrected chi connectivity index (χ1v) is 7.22. The number of aromatic nitrogens is 2. The number of nitrogens with zero attached hydrogens (tertiary/aromatic N) is 2. The van der Waals surface area contributed by atoms with E-state index in [1.807, 2.05) is 17.6 Å². The maximum Gasteiger partial charge on any atom is 0.337 e. The minimum atomic E-state index is -0.988. The molecule has 0 saturated carbocycles. The fourth-order valence-electron chi connectivity index (χ4n) is 2.00. The zero-order valence-corrected chi connectivity index (χ0v) is 11.0. The molecule has 0 radical (unpaired) electrons. The second-order valence-corrected chi connectivity index (χ2v) is 5.70. The van der Waals surface area contributed by atoms with Gasteiger partial charge in [-0.1, -0.05) is 6.07 Å². The highest BCUT2D eigenvalue weighted by Gasteiger charge is 2.15. The third kappa shape index (κ3) is 2.28.